The van der Waals surface area contributed by atoms with Gasteiger partial charge < -0.3 is 10.2 Å². The number of carbonyl (C=O) groups excluding carboxylic acids is 1. The maximum absolute atomic E-state index is 12.7. The molecule has 1 N–H and O–H groups in total. The van der Waals surface area contributed by atoms with Gasteiger partial charge in [0.15, 0.2) is 0 Å². The standard InChI is InChI=1S/C20H25N3O3S/c1-2-17-8-6-7-11-19(17)21-16-20(24)22-12-14-23(15-13-22)27(25,26)18-9-4-3-5-10-18/h3-11,21H,2,12-16H2,1H3. The van der Waals surface area contributed by atoms with Crippen molar-refractivity contribution in [1.29, 1.82) is 0 Å². The Balaban J connectivity index is 1.55. The summed E-state index contributed by atoms with van der Waals surface area (Å²) in [5, 5.41) is 3.21. The van der Waals surface area contributed by atoms with Crippen LogP contribution in [0.5, 0.6) is 0 Å². The van der Waals surface area contributed by atoms with Crippen molar-refractivity contribution in [3.8, 4) is 0 Å². The molecule has 6 nitrogen and oxygen atoms in total. The molecule has 0 radical (unpaired) electrons. The number of nitrogens with zero attached hydrogens (tertiary/aromatic N) is 2. The van der Waals surface area contributed by atoms with E-state index in [9.17, 15) is 13.2 Å². The van der Waals surface area contributed by atoms with Gasteiger partial charge in [0.05, 0.1) is 11.4 Å². The molecule has 0 spiro atoms. The first-order valence-corrected chi connectivity index (χ1v) is 10.6. The highest BCUT2D eigenvalue weighted by molar-refractivity contribution is 7.89. The largest absolute Gasteiger partial charge is 0.376 e. The van der Waals surface area contributed by atoms with Crippen molar-refractivity contribution in [3.05, 3.63) is 60.2 Å². The van der Waals surface area contributed by atoms with E-state index < -0.39 is 10.0 Å². The molecular formula is C20H25N3O3S. The minimum absolute atomic E-state index is 0.0161. The van der Waals surface area contributed by atoms with Crippen LogP contribution in [-0.2, 0) is 21.2 Å². The quantitative estimate of drug-likeness (QED) is 0.825. The number of hydrogen-bond acceptors (Lipinski definition) is 4. The Labute approximate surface area is 160 Å². The number of piperazine rings is 1. The zero-order chi connectivity index (χ0) is 19.3. The summed E-state index contributed by atoms with van der Waals surface area (Å²) in [7, 11) is -3.50. The first-order chi connectivity index (χ1) is 13.0. The van der Waals surface area contributed by atoms with Crippen LogP contribution in [0.1, 0.15) is 12.5 Å². The van der Waals surface area contributed by atoms with Gasteiger partial charge in [-0.15, -0.1) is 0 Å². The van der Waals surface area contributed by atoms with Gasteiger partial charge in [0, 0.05) is 31.9 Å². The molecule has 0 unspecified atom stereocenters. The lowest BCUT2D eigenvalue weighted by atomic mass is 10.1. The summed E-state index contributed by atoms with van der Waals surface area (Å²) in [6, 6.07) is 16.4. The lowest BCUT2D eigenvalue weighted by Crippen LogP contribution is -2.51. The van der Waals surface area contributed by atoms with E-state index in [0.29, 0.717) is 31.1 Å². The van der Waals surface area contributed by atoms with E-state index in [-0.39, 0.29) is 12.5 Å². The van der Waals surface area contributed by atoms with Gasteiger partial charge in [0.25, 0.3) is 0 Å². The smallest absolute Gasteiger partial charge is 0.243 e. The molecule has 0 saturated carbocycles. The molecule has 3 rings (SSSR count). The number of sulfonamides is 1. The van der Waals surface area contributed by atoms with Crippen LogP contribution in [0.3, 0.4) is 0 Å². The first kappa shape index (κ1) is 19.4. The van der Waals surface area contributed by atoms with Crippen LogP contribution in [0.2, 0.25) is 0 Å². The fourth-order valence-electron chi connectivity index (χ4n) is 3.20. The summed E-state index contributed by atoms with van der Waals surface area (Å²) in [6.45, 7) is 3.73. The summed E-state index contributed by atoms with van der Waals surface area (Å²) in [5.41, 5.74) is 2.14. The van der Waals surface area contributed by atoms with Crippen LogP contribution in [0.25, 0.3) is 0 Å². The third-order valence-corrected chi connectivity index (χ3v) is 6.71. The molecule has 1 saturated heterocycles. The third-order valence-electron chi connectivity index (χ3n) is 4.80. The van der Waals surface area contributed by atoms with Gasteiger partial charge in [-0.05, 0) is 30.2 Å². The Morgan fingerprint density at radius 1 is 0.963 bits per heavy atom. The number of aryl methyl sites for hydroxylation is 1. The highest BCUT2D eigenvalue weighted by Gasteiger charge is 2.29. The molecule has 0 aliphatic carbocycles. The van der Waals surface area contributed by atoms with Crippen molar-refractivity contribution >= 4 is 21.6 Å². The van der Waals surface area contributed by atoms with Crippen molar-refractivity contribution in [1.82, 2.24) is 9.21 Å². The van der Waals surface area contributed by atoms with E-state index in [2.05, 4.69) is 12.2 Å². The fraction of sp³-hybridized carbons (Fsp3) is 0.350. The Hall–Kier alpha value is -2.38. The van der Waals surface area contributed by atoms with Gasteiger partial charge in [-0.25, -0.2) is 8.42 Å². The minimum Gasteiger partial charge on any atom is -0.376 e. The zero-order valence-electron chi connectivity index (χ0n) is 15.5. The molecule has 144 valence electrons. The molecule has 1 fully saturated rings. The number of nitrogens with one attached hydrogen (secondary N) is 1. The molecule has 2 aromatic carbocycles. The van der Waals surface area contributed by atoms with Gasteiger partial charge in [-0.2, -0.15) is 4.31 Å². The number of amides is 1. The predicted molar refractivity (Wildman–Crippen MR) is 106 cm³/mol. The van der Waals surface area contributed by atoms with Crippen molar-refractivity contribution in [2.75, 3.05) is 38.0 Å². The average molecular weight is 388 g/mol. The van der Waals surface area contributed by atoms with Gasteiger partial charge >= 0.3 is 0 Å². The maximum atomic E-state index is 12.7. The second-order valence-corrected chi connectivity index (χ2v) is 8.40. The van der Waals surface area contributed by atoms with Gasteiger partial charge in [0.2, 0.25) is 15.9 Å². The topological polar surface area (TPSA) is 69.7 Å². The summed E-state index contributed by atoms with van der Waals surface area (Å²) < 4.78 is 26.8. The van der Waals surface area contributed by atoms with Gasteiger partial charge in [0.1, 0.15) is 0 Å². The summed E-state index contributed by atoms with van der Waals surface area (Å²) in [5.74, 6) is -0.0161. The number of carbonyl (C=O) groups is 1. The lowest BCUT2D eigenvalue weighted by Gasteiger charge is -2.34. The molecule has 2 aromatic rings. The van der Waals surface area contributed by atoms with Crippen LogP contribution >= 0.6 is 0 Å². The van der Waals surface area contributed by atoms with E-state index in [1.807, 2.05) is 24.3 Å². The van der Waals surface area contributed by atoms with Crippen molar-refractivity contribution in [2.45, 2.75) is 18.2 Å². The molecule has 1 heterocycles. The van der Waals surface area contributed by atoms with Crippen LogP contribution < -0.4 is 5.32 Å². The number of para-hydroxylation sites is 1. The zero-order valence-corrected chi connectivity index (χ0v) is 16.3. The molecule has 1 aliphatic rings. The van der Waals surface area contributed by atoms with Crippen molar-refractivity contribution in [2.24, 2.45) is 0 Å². The number of benzene rings is 2. The summed E-state index contributed by atoms with van der Waals surface area (Å²) in [6.07, 6.45) is 0.896. The molecule has 0 aromatic heterocycles. The predicted octanol–water partition coefficient (Wildman–Crippen LogP) is 2.19. The van der Waals surface area contributed by atoms with Gasteiger partial charge in [-0.3, -0.25) is 4.79 Å². The second-order valence-electron chi connectivity index (χ2n) is 6.46. The van der Waals surface area contributed by atoms with E-state index in [1.54, 1.807) is 35.2 Å². The van der Waals surface area contributed by atoms with Crippen LogP contribution in [-0.4, -0.2) is 56.3 Å². The van der Waals surface area contributed by atoms with Crippen LogP contribution in [0.4, 0.5) is 5.69 Å². The van der Waals surface area contributed by atoms with Crippen molar-refractivity contribution in [3.63, 3.8) is 0 Å². The van der Waals surface area contributed by atoms with E-state index in [4.69, 9.17) is 0 Å². The minimum atomic E-state index is -3.50. The van der Waals surface area contributed by atoms with E-state index in [1.165, 1.54) is 9.87 Å². The monoisotopic (exact) mass is 387 g/mol. The second kappa shape index (κ2) is 8.54. The molecule has 27 heavy (non-hydrogen) atoms. The van der Waals surface area contributed by atoms with Gasteiger partial charge in [-0.1, -0.05) is 43.3 Å². The summed E-state index contributed by atoms with van der Waals surface area (Å²) in [4.78, 5) is 14.5. The molecule has 0 bridgehead atoms. The Kier molecular flexibility index (Phi) is 6.13. The highest BCUT2D eigenvalue weighted by atomic mass is 32.2. The third kappa shape index (κ3) is 4.48. The first-order valence-electron chi connectivity index (χ1n) is 9.17. The van der Waals surface area contributed by atoms with E-state index in [0.717, 1.165) is 12.1 Å². The number of rotatable bonds is 6. The SMILES string of the molecule is CCc1ccccc1NCC(=O)N1CCN(S(=O)(=O)c2ccccc2)CC1. The van der Waals surface area contributed by atoms with Crippen molar-refractivity contribution < 1.29 is 13.2 Å². The van der Waals surface area contributed by atoms with Crippen LogP contribution in [0, 0.1) is 0 Å². The normalized spacial score (nSPS) is 15.5. The Morgan fingerprint density at radius 2 is 1.59 bits per heavy atom. The molecular weight excluding hydrogens is 362 g/mol. The Bertz CT molecular complexity index is 876. The molecule has 0 atom stereocenters. The summed E-state index contributed by atoms with van der Waals surface area (Å²) >= 11 is 0. The average Bonchev–Trinajstić information content (AvgIpc) is 2.73. The number of anilines is 1. The fourth-order valence-corrected chi connectivity index (χ4v) is 4.65. The maximum Gasteiger partial charge on any atom is 0.243 e. The number of hydrogen-bond donors (Lipinski definition) is 1. The van der Waals surface area contributed by atoms with Crippen LogP contribution in [0.15, 0.2) is 59.5 Å². The highest BCUT2D eigenvalue weighted by Crippen LogP contribution is 2.18. The molecule has 7 heteroatoms. The molecule has 1 aliphatic heterocycles. The Morgan fingerprint density at radius 3 is 2.26 bits per heavy atom. The molecule has 1 amide bonds. The van der Waals surface area contributed by atoms with E-state index >= 15 is 0 Å². The lowest BCUT2D eigenvalue weighted by molar-refractivity contribution is -0.130.